The number of amides is 1. The van der Waals surface area contributed by atoms with E-state index in [-0.39, 0.29) is 11.7 Å². The maximum Gasteiger partial charge on any atom is 0.257 e. The van der Waals surface area contributed by atoms with Crippen LogP contribution in [-0.2, 0) is 0 Å². The maximum absolute atomic E-state index is 13.6. The number of nitrogens with two attached hydrogens (primary N) is 1. The molecule has 0 aliphatic heterocycles. The molecule has 0 bridgehead atoms. The minimum atomic E-state index is -1.00. The van der Waals surface area contributed by atoms with Gasteiger partial charge in [0.25, 0.3) is 5.91 Å². The van der Waals surface area contributed by atoms with Gasteiger partial charge in [0.2, 0.25) is 0 Å². The van der Waals surface area contributed by atoms with Crippen LogP contribution in [0.4, 0.5) is 14.5 Å². The first-order valence-electron chi connectivity index (χ1n) is 6.51. The summed E-state index contributed by atoms with van der Waals surface area (Å²) in [4.78, 5) is 11.8. The summed E-state index contributed by atoms with van der Waals surface area (Å²) in [6, 6.07) is 1.97. The van der Waals surface area contributed by atoms with E-state index in [1.165, 1.54) is 0 Å². The highest BCUT2D eigenvalue weighted by molar-refractivity contribution is 5.95. The number of hydrogen-bond acceptors (Lipinski definition) is 2. The number of carbonyl (C=O) groups is 1. The quantitative estimate of drug-likeness (QED) is 0.616. The van der Waals surface area contributed by atoms with E-state index < -0.39 is 23.1 Å². The van der Waals surface area contributed by atoms with Gasteiger partial charge >= 0.3 is 0 Å². The van der Waals surface area contributed by atoms with Gasteiger partial charge in [-0.2, -0.15) is 0 Å². The summed E-state index contributed by atoms with van der Waals surface area (Å²) in [7, 11) is 0. The Balaban J connectivity index is 2.71. The van der Waals surface area contributed by atoms with Crippen LogP contribution in [0.15, 0.2) is 12.1 Å². The zero-order chi connectivity index (χ0) is 14.4. The molecule has 0 radical (unpaired) electrons. The highest BCUT2D eigenvalue weighted by Gasteiger charge is 2.20. The highest BCUT2D eigenvalue weighted by atomic mass is 19.1. The first-order valence-corrected chi connectivity index (χ1v) is 6.51. The van der Waals surface area contributed by atoms with Crippen molar-refractivity contribution < 1.29 is 13.6 Å². The second kappa shape index (κ2) is 7.07. The molecule has 0 fully saturated rings. The standard InChI is InChI=1S/C14H20F2N2O/c1-3-4-5-6-9(2)18-14(19)12-10(15)7-8-11(17)13(12)16/h7-9H,3-6,17H2,1-2H3,(H,18,19). The van der Waals surface area contributed by atoms with Gasteiger partial charge in [-0.05, 0) is 25.5 Å². The summed E-state index contributed by atoms with van der Waals surface area (Å²) < 4.78 is 27.1. The molecule has 0 aromatic heterocycles. The van der Waals surface area contributed by atoms with E-state index >= 15 is 0 Å². The highest BCUT2D eigenvalue weighted by Crippen LogP contribution is 2.18. The third kappa shape index (κ3) is 4.19. The van der Waals surface area contributed by atoms with Gasteiger partial charge in [-0.15, -0.1) is 0 Å². The molecule has 0 saturated carbocycles. The van der Waals surface area contributed by atoms with Gasteiger partial charge in [0, 0.05) is 6.04 Å². The smallest absolute Gasteiger partial charge is 0.257 e. The fourth-order valence-corrected chi connectivity index (χ4v) is 1.85. The Kier molecular flexibility index (Phi) is 5.73. The van der Waals surface area contributed by atoms with Crippen molar-refractivity contribution in [1.29, 1.82) is 0 Å². The molecule has 0 aliphatic rings. The summed E-state index contributed by atoms with van der Waals surface area (Å²) in [6.07, 6.45) is 3.91. The molecular weight excluding hydrogens is 250 g/mol. The van der Waals surface area contributed by atoms with Crippen LogP contribution >= 0.6 is 0 Å². The number of halogens is 2. The number of unbranched alkanes of at least 4 members (excludes halogenated alkanes) is 2. The zero-order valence-electron chi connectivity index (χ0n) is 11.3. The Labute approximate surface area is 112 Å². The molecule has 0 heterocycles. The fourth-order valence-electron chi connectivity index (χ4n) is 1.85. The normalized spacial score (nSPS) is 12.2. The summed E-state index contributed by atoms with van der Waals surface area (Å²) in [6.45, 7) is 3.90. The summed E-state index contributed by atoms with van der Waals surface area (Å²) in [5.41, 5.74) is 4.49. The average Bonchev–Trinajstić information content (AvgIpc) is 2.34. The number of hydrogen-bond donors (Lipinski definition) is 2. The molecule has 3 nitrogen and oxygen atoms in total. The SMILES string of the molecule is CCCCCC(C)NC(=O)c1c(F)ccc(N)c1F. The van der Waals surface area contributed by atoms with Crippen molar-refractivity contribution in [3.8, 4) is 0 Å². The number of nitrogens with one attached hydrogen (secondary N) is 1. The predicted molar refractivity (Wildman–Crippen MR) is 71.8 cm³/mol. The minimum Gasteiger partial charge on any atom is -0.396 e. The molecule has 1 amide bonds. The van der Waals surface area contributed by atoms with Crippen LogP contribution in [0.5, 0.6) is 0 Å². The van der Waals surface area contributed by atoms with Gasteiger partial charge in [0.15, 0.2) is 5.82 Å². The fraction of sp³-hybridized carbons (Fsp3) is 0.500. The van der Waals surface area contributed by atoms with Crippen molar-refractivity contribution in [3.05, 3.63) is 29.3 Å². The second-order valence-electron chi connectivity index (χ2n) is 4.70. The largest absolute Gasteiger partial charge is 0.396 e. The monoisotopic (exact) mass is 270 g/mol. The van der Waals surface area contributed by atoms with Crippen LogP contribution in [0, 0.1) is 11.6 Å². The molecule has 5 heteroatoms. The van der Waals surface area contributed by atoms with Crippen LogP contribution < -0.4 is 11.1 Å². The molecule has 19 heavy (non-hydrogen) atoms. The number of carbonyl (C=O) groups excluding carboxylic acids is 1. The lowest BCUT2D eigenvalue weighted by Crippen LogP contribution is -2.33. The number of benzene rings is 1. The number of anilines is 1. The van der Waals surface area contributed by atoms with Crippen molar-refractivity contribution in [2.45, 2.75) is 45.6 Å². The van der Waals surface area contributed by atoms with E-state index in [1.807, 2.05) is 6.92 Å². The molecule has 1 rings (SSSR count). The first kappa shape index (κ1) is 15.4. The number of nitrogen functional groups attached to an aromatic ring is 1. The maximum atomic E-state index is 13.6. The van der Waals surface area contributed by atoms with Gasteiger partial charge in [0.1, 0.15) is 11.4 Å². The van der Waals surface area contributed by atoms with Gasteiger partial charge in [0.05, 0.1) is 5.69 Å². The summed E-state index contributed by atoms with van der Waals surface area (Å²) >= 11 is 0. The molecule has 0 spiro atoms. The Morgan fingerprint density at radius 3 is 2.68 bits per heavy atom. The summed E-state index contributed by atoms with van der Waals surface area (Å²) in [5.74, 6) is -2.66. The van der Waals surface area contributed by atoms with Crippen LogP contribution in [0.25, 0.3) is 0 Å². The van der Waals surface area contributed by atoms with Gasteiger partial charge in [-0.25, -0.2) is 8.78 Å². The topological polar surface area (TPSA) is 55.1 Å². The molecule has 1 atom stereocenters. The molecule has 0 aliphatic carbocycles. The van der Waals surface area contributed by atoms with Gasteiger partial charge in [-0.1, -0.05) is 26.2 Å². The van der Waals surface area contributed by atoms with Crippen LogP contribution in [-0.4, -0.2) is 11.9 Å². The Bertz CT molecular complexity index is 449. The third-order valence-corrected chi connectivity index (χ3v) is 2.97. The van der Waals surface area contributed by atoms with E-state index in [0.29, 0.717) is 0 Å². The molecule has 106 valence electrons. The van der Waals surface area contributed by atoms with Crippen LogP contribution in [0.3, 0.4) is 0 Å². The van der Waals surface area contributed by atoms with E-state index in [1.54, 1.807) is 0 Å². The van der Waals surface area contributed by atoms with E-state index in [0.717, 1.165) is 37.8 Å². The average molecular weight is 270 g/mol. The molecular formula is C14H20F2N2O. The van der Waals surface area contributed by atoms with Crippen molar-refractivity contribution in [1.82, 2.24) is 5.32 Å². The number of rotatable bonds is 6. The lowest BCUT2D eigenvalue weighted by Gasteiger charge is -2.14. The Morgan fingerprint density at radius 2 is 2.05 bits per heavy atom. The van der Waals surface area contributed by atoms with Gasteiger partial charge in [-0.3, -0.25) is 4.79 Å². The zero-order valence-corrected chi connectivity index (χ0v) is 11.3. The van der Waals surface area contributed by atoms with Gasteiger partial charge < -0.3 is 11.1 Å². The Hall–Kier alpha value is -1.65. The Morgan fingerprint density at radius 1 is 1.37 bits per heavy atom. The third-order valence-electron chi connectivity index (χ3n) is 2.97. The van der Waals surface area contributed by atoms with Crippen molar-refractivity contribution in [2.24, 2.45) is 0 Å². The molecule has 3 N–H and O–H groups in total. The predicted octanol–water partition coefficient (Wildman–Crippen LogP) is 3.25. The first-order chi connectivity index (χ1) is 8.97. The molecule has 1 aromatic rings. The molecule has 0 saturated heterocycles. The molecule has 1 aromatic carbocycles. The lowest BCUT2D eigenvalue weighted by molar-refractivity contribution is 0.0929. The van der Waals surface area contributed by atoms with Crippen LogP contribution in [0.1, 0.15) is 49.9 Å². The van der Waals surface area contributed by atoms with Crippen LogP contribution in [0.2, 0.25) is 0 Å². The lowest BCUT2D eigenvalue weighted by atomic mass is 10.1. The summed E-state index contributed by atoms with van der Waals surface area (Å²) in [5, 5.41) is 2.59. The van der Waals surface area contributed by atoms with Crippen molar-refractivity contribution >= 4 is 11.6 Å². The second-order valence-corrected chi connectivity index (χ2v) is 4.70. The van der Waals surface area contributed by atoms with E-state index in [4.69, 9.17) is 5.73 Å². The van der Waals surface area contributed by atoms with E-state index in [2.05, 4.69) is 12.2 Å². The van der Waals surface area contributed by atoms with Crippen molar-refractivity contribution in [3.63, 3.8) is 0 Å². The molecule has 1 unspecified atom stereocenters. The van der Waals surface area contributed by atoms with E-state index in [9.17, 15) is 13.6 Å². The van der Waals surface area contributed by atoms with Crippen molar-refractivity contribution in [2.75, 3.05) is 5.73 Å². The minimum absolute atomic E-state index is 0.126.